The molecule has 0 radical (unpaired) electrons. The predicted molar refractivity (Wildman–Crippen MR) is 157 cm³/mol. The quantitative estimate of drug-likeness (QED) is 0.302. The summed E-state index contributed by atoms with van der Waals surface area (Å²) in [6.45, 7) is 6.61. The van der Waals surface area contributed by atoms with Crippen LogP contribution in [0.4, 0.5) is 5.69 Å². The van der Waals surface area contributed by atoms with Gasteiger partial charge in [0.25, 0.3) is 5.91 Å². The molecule has 2 aliphatic rings. The number of amides is 1. The Labute approximate surface area is 235 Å². The number of benzene rings is 3. The van der Waals surface area contributed by atoms with Gasteiger partial charge in [0.1, 0.15) is 11.4 Å². The fraction of sp³-hybridized carbons (Fsp3) is 0.333. The molecule has 1 aliphatic carbocycles. The lowest BCUT2D eigenvalue weighted by molar-refractivity contribution is 0.0899. The van der Waals surface area contributed by atoms with Crippen LogP contribution < -0.4 is 15.0 Å². The number of hydrogen-bond donors (Lipinski definition) is 1. The third kappa shape index (κ3) is 5.75. The summed E-state index contributed by atoms with van der Waals surface area (Å²) < 4.78 is 11.5. The summed E-state index contributed by atoms with van der Waals surface area (Å²) in [4.78, 5) is 23.2. The molecule has 6 rings (SSSR count). The lowest BCUT2D eigenvalue weighted by Crippen LogP contribution is -2.50. The number of ether oxygens (including phenoxy) is 1. The van der Waals surface area contributed by atoms with Gasteiger partial charge in [0, 0.05) is 55.9 Å². The summed E-state index contributed by atoms with van der Waals surface area (Å²) in [5.74, 6) is 2.20. The topological polar surface area (TPSA) is 70.8 Å². The van der Waals surface area contributed by atoms with Crippen molar-refractivity contribution in [2.75, 3.05) is 44.7 Å². The number of carbonyl (C=O) groups is 1. The van der Waals surface area contributed by atoms with Crippen LogP contribution in [0.3, 0.4) is 0 Å². The average molecular weight is 537 g/mol. The summed E-state index contributed by atoms with van der Waals surface area (Å²) in [5, 5.41) is 3.18. The van der Waals surface area contributed by atoms with Gasteiger partial charge < -0.3 is 19.4 Å². The van der Waals surface area contributed by atoms with Gasteiger partial charge in [0.2, 0.25) is 5.76 Å². The molecule has 3 atom stereocenters. The van der Waals surface area contributed by atoms with Crippen LogP contribution in [-0.2, 0) is 0 Å². The summed E-state index contributed by atoms with van der Waals surface area (Å²) in [6.07, 6.45) is 0.985. The Morgan fingerprint density at radius 3 is 2.30 bits per heavy atom. The van der Waals surface area contributed by atoms with E-state index in [1.54, 1.807) is 7.11 Å². The van der Waals surface area contributed by atoms with E-state index in [1.807, 2.05) is 48.5 Å². The molecule has 40 heavy (non-hydrogen) atoms. The van der Waals surface area contributed by atoms with Gasteiger partial charge in [-0.15, -0.1) is 0 Å². The van der Waals surface area contributed by atoms with Gasteiger partial charge >= 0.3 is 0 Å². The summed E-state index contributed by atoms with van der Waals surface area (Å²) in [7, 11) is 1.69. The van der Waals surface area contributed by atoms with Crippen LogP contribution in [0.15, 0.2) is 89.3 Å². The normalized spacial score (nSPS) is 19.7. The van der Waals surface area contributed by atoms with Crippen molar-refractivity contribution in [2.45, 2.75) is 31.2 Å². The van der Waals surface area contributed by atoms with Crippen molar-refractivity contribution in [1.29, 1.82) is 0 Å². The highest BCUT2D eigenvalue weighted by atomic mass is 16.5. The summed E-state index contributed by atoms with van der Waals surface area (Å²) in [5.41, 5.74) is 4.01. The first-order valence-electron chi connectivity index (χ1n) is 14.1. The van der Waals surface area contributed by atoms with E-state index >= 15 is 0 Å². The monoisotopic (exact) mass is 536 g/mol. The van der Waals surface area contributed by atoms with Gasteiger partial charge in [0.15, 0.2) is 5.89 Å². The second kappa shape index (κ2) is 11.6. The highest BCUT2D eigenvalue weighted by molar-refractivity contribution is 5.97. The number of rotatable bonds is 9. The maximum atomic E-state index is 13.5. The molecule has 0 spiro atoms. The third-order valence-electron chi connectivity index (χ3n) is 7.95. The van der Waals surface area contributed by atoms with Crippen LogP contribution in [-0.4, -0.2) is 61.7 Å². The fourth-order valence-corrected chi connectivity index (χ4v) is 5.68. The van der Waals surface area contributed by atoms with Crippen LogP contribution in [0, 0.1) is 0 Å². The average Bonchev–Trinajstić information content (AvgIpc) is 3.68. The predicted octanol–water partition coefficient (Wildman–Crippen LogP) is 5.56. The fourth-order valence-electron chi connectivity index (χ4n) is 5.68. The van der Waals surface area contributed by atoms with Crippen molar-refractivity contribution < 1.29 is 13.9 Å². The van der Waals surface area contributed by atoms with Crippen molar-refractivity contribution in [3.8, 4) is 17.0 Å². The van der Waals surface area contributed by atoms with Crippen LogP contribution in [0.2, 0.25) is 0 Å². The molecule has 0 bridgehead atoms. The van der Waals surface area contributed by atoms with Crippen LogP contribution in [0.5, 0.6) is 5.75 Å². The standard InChI is InChI=1S/C33H36N4O3/c1-23(22-36-17-19-37(20-18-36)26-13-15-27(39-2)16-14-26)34-32(38)31-30(25-11-7-4-8-12-25)35-33(40-31)29-21-28(29)24-9-5-3-6-10-24/h3-16,23,28-29H,17-22H2,1-2H3,(H,34,38). The number of nitrogens with zero attached hydrogens (tertiary/aromatic N) is 3. The first-order valence-corrected chi connectivity index (χ1v) is 14.1. The largest absolute Gasteiger partial charge is 0.497 e. The number of piperazine rings is 1. The zero-order valence-electron chi connectivity index (χ0n) is 23.1. The summed E-state index contributed by atoms with van der Waals surface area (Å²) in [6, 6.07) is 28.5. The zero-order valence-corrected chi connectivity index (χ0v) is 23.1. The highest BCUT2D eigenvalue weighted by Gasteiger charge is 2.44. The molecule has 3 aromatic carbocycles. The van der Waals surface area contributed by atoms with Gasteiger partial charge in [-0.25, -0.2) is 4.98 Å². The van der Waals surface area contributed by atoms with Crippen molar-refractivity contribution in [2.24, 2.45) is 0 Å². The van der Waals surface area contributed by atoms with E-state index in [0.29, 0.717) is 23.3 Å². The summed E-state index contributed by atoms with van der Waals surface area (Å²) >= 11 is 0. The molecular formula is C33H36N4O3. The Bertz CT molecular complexity index is 1410. The molecule has 1 N–H and O–H groups in total. The van der Waals surface area contributed by atoms with Crippen molar-refractivity contribution in [3.05, 3.63) is 102 Å². The Hall–Kier alpha value is -4.10. The van der Waals surface area contributed by atoms with Crippen molar-refractivity contribution in [3.63, 3.8) is 0 Å². The molecule has 1 aliphatic heterocycles. The molecular weight excluding hydrogens is 500 g/mol. The number of carbonyl (C=O) groups excluding carboxylic acids is 1. The number of oxazole rings is 1. The van der Waals surface area contributed by atoms with Crippen molar-refractivity contribution in [1.82, 2.24) is 15.2 Å². The molecule has 1 amide bonds. The highest BCUT2D eigenvalue weighted by Crippen LogP contribution is 2.54. The maximum Gasteiger partial charge on any atom is 0.289 e. The van der Waals surface area contributed by atoms with Gasteiger partial charge in [-0.1, -0.05) is 60.7 Å². The van der Waals surface area contributed by atoms with E-state index in [2.05, 4.69) is 58.4 Å². The Morgan fingerprint density at radius 2 is 1.62 bits per heavy atom. The number of hydrogen-bond acceptors (Lipinski definition) is 6. The minimum atomic E-state index is -0.209. The second-order valence-electron chi connectivity index (χ2n) is 10.8. The van der Waals surface area contributed by atoms with E-state index in [1.165, 1.54) is 11.3 Å². The number of anilines is 1. The van der Waals surface area contributed by atoms with E-state index in [0.717, 1.165) is 50.5 Å². The lowest BCUT2D eigenvalue weighted by Gasteiger charge is -2.37. The first kappa shape index (κ1) is 26.1. The van der Waals surface area contributed by atoms with E-state index in [9.17, 15) is 4.79 Å². The molecule has 3 unspecified atom stereocenters. The first-order chi connectivity index (χ1) is 19.6. The molecule has 2 heterocycles. The smallest absolute Gasteiger partial charge is 0.289 e. The van der Waals surface area contributed by atoms with E-state index < -0.39 is 0 Å². The molecule has 1 saturated carbocycles. The third-order valence-corrected chi connectivity index (χ3v) is 7.95. The van der Waals surface area contributed by atoms with Gasteiger partial charge in [-0.3, -0.25) is 9.69 Å². The second-order valence-corrected chi connectivity index (χ2v) is 10.8. The lowest BCUT2D eigenvalue weighted by atomic mass is 10.1. The SMILES string of the molecule is COc1ccc(N2CCN(CC(C)NC(=O)c3oc(C4CC4c4ccccc4)nc3-c3ccccc3)CC2)cc1. The Morgan fingerprint density at radius 1 is 0.950 bits per heavy atom. The molecule has 1 aromatic heterocycles. The van der Waals surface area contributed by atoms with Gasteiger partial charge in [-0.2, -0.15) is 0 Å². The minimum absolute atomic E-state index is 0.0322. The molecule has 1 saturated heterocycles. The number of aromatic nitrogens is 1. The van der Waals surface area contributed by atoms with E-state index in [4.69, 9.17) is 14.1 Å². The van der Waals surface area contributed by atoms with Crippen LogP contribution in [0.1, 0.15) is 47.2 Å². The molecule has 4 aromatic rings. The number of methoxy groups -OCH3 is 1. The molecule has 7 nitrogen and oxygen atoms in total. The molecule has 206 valence electrons. The van der Waals surface area contributed by atoms with Crippen LogP contribution >= 0.6 is 0 Å². The maximum absolute atomic E-state index is 13.5. The van der Waals surface area contributed by atoms with Crippen molar-refractivity contribution >= 4 is 11.6 Å². The number of nitrogens with one attached hydrogen (secondary N) is 1. The molecule has 7 heteroatoms. The van der Waals surface area contributed by atoms with Gasteiger partial charge in [-0.05, 0) is 49.1 Å². The minimum Gasteiger partial charge on any atom is -0.497 e. The van der Waals surface area contributed by atoms with Gasteiger partial charge in [0.05, 0.1) is 7.11 Å². The molecule has 2 fully saturated rings. The Balaban J connectivity index is 1.09. The van der Waals surface area contributed by atoms with Crippen LogP contribution in [0.25, 0.3) is 11.3 Å². The Kier molecular flexibility index (Phi) is 7.55. The zero-order chi connectivity index (χ0) is 27.5. The van der Waals surface area contributed by atoms with E-state index in [-0.39, 0.29) is 17.9 Å².